The van der Waals surface area contributed by atoms with Gasteiger partial charge in [-0.3, -0.25) is 4.79 Å². The third kappa shape index (κ3) is 5.41. The minimum Gasteiger partial charge on any atom is -0.465 e. The van der Waals surface area contributed by atoms with Crippen LogP contribution < -0.4 is 4.74 Å². The largest absolute Gasteiger partial charge is 0.465 e. The summed E-state index contributed by atoms with van der Waals surface area (Å²) in [5.74, 6) is -1.47. The second kappa shape index (κ2) is 6.21. The maximum atomic E-state index is 11.9. The van der Waals surface area contributed by atoms with Crippen LogP contribution in [0, 0.1) is 0 Å². The fraction of sp³-hybridized carbons (Fsp3) is 0.333. The van der Waals surface area contributed by atoms with E-state index in [1.54, 1.807) is 0 Å². The van der Waals surface area contributed by atoms with Crippen LogP contribution in [0.5, 0.6) is 5.75 Å². The molecule has 1 rings (SSSR count). The second-order valence-electron chi connectivity index (χ2n) is 3.61. The molecule has 0 atom stereocenters. The Morgan fingerprint density at radius 3 is 2.21 bits per heavy atom. The van der Waals surface area contributed by atoms with E-state index in [1.165, 1.54) is 31.4 Å². The smallest absolute Gasteiger partial charge is 0.389 e. The van der Waals surface area contributed by atoms with Crippen molar-refractivity contribution < 1.29 is 32.2 Å². The van der Waals surface area contributed by atoms with Gasteiger partial charge in [-0.1, -0.05) is 0 Å². The number of benzene rings is 1. The molecule has 0 radical (unpaired) electrons. The Bertz CT molecular complexity index is 451. The average molecular weight is 276 g/mol. The number of hydrogen-bond donors (Lipinski definition) is 0. The minimum atomic E-state index is -4.40. The maximum Gasteiger partial charge on any atom is 0.389 e. The van der Waals surface area contributed by atoms with Crippen LogP contribution in [0.3, 0.4) is 0 Å². The molecule has 0 fully saturated rings. The lowest BCUT2D eigenvalue weighted by Crippen LogP contribution is -2.14. The molecule has 0 heterocycles. The SMILES string of the molecule is COC(=O)c1ccc(OC(=O)CCC(F)(F)F)cc1. The number of esters is 2. The summed E-state index contributed by atoms with van der Waals surface area (Å²) in [4.78, 5) is 22.2. The molecule has 0 amide bonds. The van der Waals surface area contributed by atoms with Gasteiger partial charge in [0.2, 0.25) is 0 Å². The van der Waals surface area contributed by atoms with Gasteiger partial charge in [-0.05, 0) is 24.3 Å². The summed E-state index contributed by atoms with van der Waals surface area (Å²) in [6, 6.07) is 5.30. The number of halogens is 3. The van der Waals surface area contributed by atoms with Gasteiger partial charge in [-0.25, -0.2) is 4.79 Å². The molecule has 0 bridgehead atoms. The zero-order valence-electron chi connectivity index (χ0n) is 9.99. The van der Waals surface area contributed by atoms with Crippen LogP contribution in [0.25, 0.3) is 0 Å². The van der Waals surface area contributed by atoms with E-state index in [4.69, 9.17) is 0 Å². The molecule has 0 saturated heterocycles. The molecule has 7 heteroatoms. The van der Waals surface area contributed by atoms with Gasteiger partial charge in [0.05, 0.1) is 25.5 Å². The lowest BCUT2D eigenvalue weighted by atomic mass is 10.2. The standard InChI is InChI=1S/C12H11F3O4/c1-18-11(17)8-2-4-9(5-3-8)19-10(16)6-7-12(13,14)15/h2-5H,6-7H2,1H3. The van der Waals surface area contributed by atoms with Crippen molar-refractivity contribution in [1.29, 1.82) is 0 Å². The monoisotopic (exact) mass is 276 g/mol. The highest BCUT2D eigenvalue weighted by molar-refractivity contribution is 5.89. The first-order valence-electron chi connectivity index (χ1n) is 5.27. The lowest BCUT2D eigenvalue weighted by Gasteiger charge is -2.07. The number of ether oxygens (including phenoxy) is 2. The van der Waals surface area contributed by atoms with Crippen LogP contribution in [0.2, 0.25) is 0 Å². The normalized spacial score (nSPS) is 10.9. The molecule has 0 aliphatic heterocycles. The van der Waals surface area contributed by atoms with Crippen LogP contribution in [0.15, 0.2) is 24.3 Å². The molecular weight excluding hydrogens is 265 g/mol. The predicted molar refractivity (Wildman–Crippen MR) is 58.7 cm³/mol. The summed E-state index contributed by atoms with van der Waals surface area (Å²) >= 11 is 0. The average Bonchev–Trinajstić information content (AvgIpc) is 2.35. The summed E-state index contributed by atoms with van der Waals surface area (Å²) < 4.78 is 44.8. The van der Waals surface area contributed by atoms with Gasteiger partial charge in [0.25, 0.3) is 0 Å². The topological polar surface area (TPSA) is 52.6 Å². The summed E-state index contributed by atoms with van der Waals surface area (Å²) in [6.07, 6.45) is -6.37. The lowest BCUT2D eigenvalue weighted by molar-refractivity contribution is -0.151. The maximum absolute atomic E-state index is 11.9. The van der Waals surface area contributed by atoms with Gasteiger partial charge >= 0.3 is 18.1 Å². The number of carbonyl (C=O) groups is 2. The van der Waals surface area contributed by atoms with Gasteiger partial charge in [-0.2, -0.15) is 13.2 Å². The summed E-state index contributed by atoms with van der Waals surface area (Å²) in [6.45, 7) is 0. The number of hydrogen-bond acceptors (Lipinski definition) is 4. The van der Waals surface area contributed by atoms with Crippen molar-refractivity contribution >= 4 is 11.9 Å². The van der Waals surface area contributed by atoms with E-state index >= 15 is 0 Å². The molecule has 0 aromatic heterocycles. The number of rotatable bonds is 4. The first kappa shape index (κ1) is 15.0. The number of alkyl halides is 3. The third-order valence-corrected chi connectivity index (χ3v) is 2.12. The molecule has 1 aromatic rings. The Morgan fingerprint density at radius 1 is 1.16 bits per heavy atom. The summed E-state index contributed by atoms with van der Waals surface area (Å²) in [5, 5.41) is 0. The van der Waals surface area contributed by atoms with E-state index < -0.39 is 31.0 Å². The van der Waals surface area contributed by atoms with Crippen LogP contribution in [-0.2, 0) is 9.53 Å². The first-order chi connectivity index (χ1) is 8.81. The first-order valence-corrected chi connectivity index (χ1v) is 5.27. The van der Waals surface area contributed by atoms with Gasteiger partial charge in [0.1, 0.15) is 5.75 Å². The second-order valence-corrected chi connectivity index (χ2v) is 3.61. The molecule has 0 aliphatic rings. The van der Waals surface area contributed by atoms with Crippen LogP contribution in [-0.4, -0.2) is 25.2 Å². The fourth-order valence-corrected chi connectivity index (χ4v) is 1.20. The van der Waals surface area contributed by atoms with E-state index in [2.05, 4.69) is 9.47 Å². The molecule has 0 saturated carbocycles. The van der Waals surface area contributed by atoms with Crippen molar-refractivity contribution in [3.05, 3.63) is 29.8 Å². The van der Waals surface area contributed by atoms with E-state index in [0.717, 1.165) is 0 Å². The Labute approximate surface area is 107 Å². The zero-order valence-corrected chi connectivity index (χ0v) is 9.99. The van der Waals surface area contributed by atoms with E-state index in [9.17, 15) is 22.8 Å². The Hall–Kier alpha value is -2.05. The van der Waals surface area contributed by atoms with E-state index in [1.807, 2.05) is 0 Å². The van der Waals surface area contributed by atoms with E-state index in [-0.39, 0.29) is 11.3 Å². The van der Waals surface area contributed by atoms with Crippen molar-refractivity contribution in [3.8, 4) is 5.75 Å². The van der Waals surface area contributed by atoms with Crippen molar-refractivity contribution in [2.24, 2.45) is 0 Å². The van der Waals surface area contributed by atoms with E-state index in [0.29, 0.717) is 0 Å². The van der Waals surface area contributed by atoms with Gasteiger partial charge in [0, 0.05) is 0 Å². The van der Waals surface area contributed by atoms with Crippen molar-refractivity contribution in [2.45, 2.75) is 19.0 Å². The van der Waals surface area contributed by atoms with Crippen LogP contribution in [0.4, 0.5) is 13.2 Å². The highest BCUT2D eigenvalue weighted by Crippen LogP contribution is 2.22. The molecule has 0 spiro atoms. The summed E-state index contributed by atoms with van der Waals surface area (Å²) in [5.41, 5.74) is 0.248. The Kier molecular flexibility index (Phi) is 4.91. The molecule has 4 nitrogen and oxygen atoms in total. The molecule has 19 heavy (non-hydrogen) atoms. The fourth-order valence-electron chi connectivity index (χ4n) is 1.20. The van der Waals surface area contributed by atoms with Crippen molar-refractivity contribution in [2.75, 3.05) is 7.11 Å². The van der Waals surface area contributed by atoms with Gasteiger partial charge < -0.3 is 9.47 Å². The Balaban J connectivity index is 2.54. The highest BCUT2D eigenvalue weighted by Gasteiger charge is 2.28. The zero-order chi connectivity index (χ0) is 14.5. The highest BCUT2D eigenvalue weighted by atomic mass is 19.4. The summed E-state index contributed by atoms with van der Waals surface area (Å²) in [7, 11) is 1.22. The third-order valence-electron chi connectivity index (χ3n) is 2.12. The molecule has 0 aliphatic carbocycles. The van der Waals surface area contributed by atoms with Crippen molar-refractivity contribution in [1.82, 2.24) is 0 Å². The minimum absolute atomic E-state index is 0.0693. The van der Waals surface area contributed by atoms with Crippen LogP contribution >= 0.6 is 0 Å². The van der Waals surface area contributed by atoms with Gasteiger partial charge in [-0.15, -0.1) is 0 Å². The molecular formula is C12H11F3O4. The number of carbonyl (C=O) groups excluding carboxylic acids is 2. The molecule has 104 valence electrons. The molecule has 0 unspecified atom stereocenters. The Morgan fingerprint density at radius 2 is 1.74 bits per heavy atom. The molecule has 0 N–H and O–H groups in total. The predicted octanol–water partition coefficient (Wildman–Crippen LogP) is 2.72. The van der Waals surface area contributed by atoms with Crippen LogP contribution in [0.1, 0.15) is 23.2 Å². The quantitative estimate of drug-likeness (QED) is 0.626. The number of methoxy groups -OCH3 is 1. The van der Waals surface area contributed by atoms with Gasteiger partial charge in [0.15, 0.2) is 0 Å². The van der Waals surface area contributed by atoms with Crippen molar-refractivity contribution in [3.63, 3.8) is 0 Å². The molecule has 1 aromatic carbocycles.